The van der Waals surface area contributed by atoms with Crippen LogP contribution in [0.4, 0.5) is 5.95 Å². The smallest absolute Gasteiger partial charge is 0.248 e. The molecule has 0 radical (unpaired) electrons. The number of tetrazole rings is 1. The van der Waals surface area contributed by atoms with Gasteiger partial charge in [-0.2, -0.15) is 4.68 Å². The van der Waals surface area contributed by atoms with Crippen LogP contribution in [0.15, 0.2) is 48.5 Å². The Labute approximate surface area is 154 Å². The maximum Gasteiger partial charge on any atom is 0.248 e. The summed E-state index contributed by atoms with van der Waals surface area (Å²) in [6.07, 6.45) is 2.00. The molecule has 1 aliphatic rings. The molecule has 0 bridgehead atoms. The fourth-order valence-electron chi connectivity index (χ4n) is 2.79. The number of aromatic nitrogens is 4. The van der Waals surface area contributed by atoms with Gasteiger partial charge < -0.3 is 10.1 Å². The summed E-state index contributed by atoms with van der Waals surface area (Å²) in [6.45, 7) is 0. The highest BCUT2D eigenvalue weighted by Gasteiger charge is 2.27. The van der Waals surface area contributed by atoms with Crippen molar-refractivity contribution in [2.24, 2.45) is 0 Å². The van der Waals surface area contributed by atoms with E-state index in [1.807, 2.05) is 36.4 Å². The number of allylic oxidation sites excluding steroid dienone is 1. The van der Waals surface area contributed by atoms with Gasteiger partial charge in [0.2, 0.25) is 5.95 Å². The van der Waals surface area contributed by atoms with Crippen LogP contribution in [0.3, 0.4) is 0 Å². The first-order chi connectivity index (χ1) is 12.2. The summed E-state index contributed by atoms with van der Waals surface area (Å²) in [5, 5.41) is 16.2. The molecule has 0 amide bonds. The minimum absolute atomic E-state index is 0.315. The maximum atomic E-state index is 6.40. The molecule has 0 spiro atoms. The van der Waals surface area contributed by atoms with Gasteiger partial charge in [-0.15, -0.1) is 0 Å². The fraction of sp³-hybridized carbons (Fsp3) is 0.118. The summed E-state index contributed by atoms with van der Waals surface area (Å²) in [5.41, 5.74) is 2.60. The maximum absolute atomic E-state index is 6.40. The van der Waals surface area contributed by atoms with E-state index in [4.69, 9.17) is 27.9 Å². The number of ether oxygens (including phenoxy) is 1. The summed E-state index contributed by atoms with van der Waals surface area (Å²) in [4.78, 5) is 0. The standard InChI is InChI=1S/C17H13Cl2N5O/c1-25-11-7-5-10(6-8-11)14-9-15(24-17(20-14)21-22-23-24)16-12(18)3-2-4-13(16)19/h2-9,15H,1H3,(H,20,21,23)/t15-/m1/s1. The molecule has 1 atom stereocenters. The number of halogens is 2. The Morgan fingerprint density at radius 3 is 2.48 bits per heavy atom. The molecule has 0 unspecified atom stereocenters. The van der Waals surface area contributed by atoms with E-state index in [1.54, 1.807) is 23.9 Å². The van der Waals surface area contributed by atoms with Crippen molar-refractivity contribution in [1.82, 2.24) is 20.2 Å². The highest BCUT2D eigenvalue weighted by Crippen LogP contribution is 2.38. The van der Waals surface area contributed by atoms with Crippen molar-refractivity contribution in [2.75, 3.05) is 12.4 Å². The van der Waals surface area contributed by atoms with Gasteiger partial charge in [0.25, 0.3) is 0 Å². The summed E-state index contributed by atoms with van der Waals surface area (Å²) < 4.78 is 6.86. The number of benzene rings is 2. The SMILES string of the molecule is COc1ccc(C2=C[C@H](c3c(Cl)cccc3Cl)n3nnnc3N2)cc1. The zero-order valence-electron chi connectivity index (χ0n) is 13.1. The van der Waals surface area contributed by atoms with Gasteiger partial charge in [-0.3, -0.25) is 0 Å². The second kappa shape index (κ2) is 6.38. The Morgan fingerprint density at radius 1 is 1.08 bits per heavy atom. The molecule has 6 nitrogen and oxygen atoms in total. The number of fused-ring (bicyclic) bond motifs is 1. The number of rotatable bonds is 3. The monoisotopic (exact) mass is 373 g/mol. The van der Waals surface area contributed by atoms with Crippen LogP contribution < -0.4 is 10.1 Å². The van der Waals surface area contributed by atoms with Gasteiger partial charge in [-0.05, 0) is 58.5 Å². The second-order valence-corrected chi connectivity index (χ2v) is 6.28. The molecule has 8 heteroatoms. The lowest BCUT2D eigenvalue weighted by Gasteiger charge is -2.24. The molecule has 126 valence electrons. The summed E-state index contributed by atoms with van der Waals surface area (Å²) in [7, 11) is 1.64. The van der Waals surface area contributed by atoms with Crippen molar-refractivity contribution in [3.05, 3.63) is 69.7 Å². The van der Waals surface area contributed by atoms with Gasteiger partial charge in [-0.1, -0.05) is 34.4 Å². The van der Waals surface area contributed by atoms with E-state index < -0.39 is 0 Å². The van der Waals surface area contributed by atoms with Crippen LogP contribution >= 0.6 is 23.2 Å². The number of anilines is 1. The van der Waals surface area contributed by atoms with E-state index in [2.05, 4.69) is 20.8 Å². The minimum Gasteiger partial charge on any atom is -0.497 e. The third kappa shape index (κ3) is 2.83. The fourth-order valence-corrected chi connectivity index (χ4v) is 3.41. The number of hydrogen-bond donors (Lipinski definition) is 1. The predicted molar refractivity (Wildman–Crippen MR) is 97.0 cm³/mol. The average molecular weight is 374 g/mol. The normalized spacial score (nSPS) is 16.0. The van der Waals surface area contributed by atoms with Gasteiger partial charge in [-0.25, -0.2) is 0 Å². The molecule has 4 rings (SSSR count). The zero-order valence-corrected chi connectivity index (χ0v) is 14.7. The molecule has 3 aromatic rings. The largest absolute Gasteiger partial charge is 0.497 e. The molecule has 1 N–H and O–H groups in total. The highest BCUT2D eigenvalue weighted by atomic mass is 35.5. The highest BCUT2D eigenvalue weighted by molar-refractivity contribution is 6.36. The van der Waals surface area contributed by atoms with E-state index in [0.717, 1.165) is 22.6 Å². The Balaban J connectivity index is 1.83. The first-order valence-electron chi connectivity index (χ1n) is 7.52. The molecule has 0 saturated heterocycles. The van der Waals surface area contributed by atoms with E-state index in [-0.39, 0.29) is 6.04 Å². The van der Waals surface area contributed by atoms with Gasteiger partial charge in [0.05, 0.1) is 7.11 Å². The van der Waals surface area contributed by atoms with E-state index in [1.165, 1.54) is 0 Å². The Bertz CT molecular complexity index is 932. The van der Waals surface area contributed by atoms with Crippen molar-refractivity contribution in [1.29, 1.82) is 0 Å². The molecule has 0 saturated carbocycles. The average Bonchev–Trinajstić information content (AvgIpc) is 3.10. The van der Waals surface area contributed by atoms with Gasteiger partial charge in [0.1, 0.15) is 11.8 Å². The Hall–Kier alpha value is -2.57. The van der Waals surface area contributed by atoms with Crippen molar-refractivity contribution in [2.45, 2.75) is 6.04 Å². The molecule has 25 heavy (non-hydrogen) atoms. The molecule has 2 heterocycles. The van der Waals surface area contributed by atoms with E-state index in [0.29, 0.717) is 16.0 Å². The van der Waals surface area contributed by atoms with Crippen LogP contribution in [-0.4, -0.2) is 27.3 Å². The van der Waals surface area contributed by atoms with Gasteiger partial charge in [0, 0.05) is 21.3 Å². The van der Waals surface area contributed by atoms with Gasteiger partial charge in [0.15, 0.2) is 0 Å². The lowest BCUT2D eigenvalue weighted by molar-refractivity contribution is 0.415. The molecular weight excluding hydrogens is 361 g/mol. The molecule has 2 aromatic carbocycles. The molecule has 1 aromatic heterocycles. The number of nitrogens with one attached hydrogen (secondary N) is 1. The zero-order chi connectivity index (χ0) is 17.4. The molecular formula is C17H13Cl2N5O. The molecule has 0 aliphatic carbocycles. The number of methoxy groups -OCH3 is 1. The molecule has 1 aliphatic heterocycles. The number of nitrogens with zero attached hydrogens (tertiary/aromatic N) is 4. The van der Waals surface area contributed by atoms with E-state index in [9.17, 15) is 0 Å². The summed E-state index contributed by atoms with van der Waals surface area (Å²) >= 11 is 12.8. The lowest BCUT2D eigenvalue weighted by atomic mass is 10.0. The van der Waals surface area contributed by atoms with Gasteiger partial charge >= 0.3 is 0 Å². The third-order valence-corrected chi connectivity index (χ3v) is 4.68. The van der Waals surface area contributed by atoms with Crippen LogP contribution in [0.5, 0.6) is 5.75 Å². The van der Waals surface area contributed by atoms with Crippen molar-refractivity contribution >= 4 is 34.8 Å². The third-order valence-electron chi connectivity index (χ3n) is 4.02. The first-order valence-corrected chi connectivity index (χ1v) is 8.28. The minimum atomic E-state index is -0.315. The lowest BCUT2D eigenvalue weighted by Crippen LogP contribution is -2.20. The van der Waals surface area contributed by atoms with Crippen LogP contribution in [-0.2, 0) is 0 Å². The van der Waals surface area contributed by atoms with Crippen molar-refractivity contribution in [3.8, 4) is 5.75 Å². The number of hydrogen-bond acceptors (Lipinski definition) is 5. The van der Waals surface area contributed by atoms with Crippen molar-refractivity contribution in [3.63, 3.8) is 0 Å². The summed E-state index contributed by atoms with van der Waals surface area (Å²) in [5.74, 6) is 1.31. The quantitative estimate of drug-likeness (QED) is 0.750. The predicted octanol–water partition coefficient (Wildman–Crippen LogP) is 4.04. The first kappa shape index (κ1) is 15.9. The van der Waals surface area contributed by atoms with Crippen LogP contribution in [0, 0.1) is 0 Å². The topological polar surface area (TPSA) is 64.9 Å². The van der Waals surface area contributed by atoms with Crippen molar-refractivity contribution < 1.29 is 4.74 Å². The Kier molecular flexibility index (Phi) is 4.07. The summed E-state index contributed by atoms with van der Waals surface area (Å²) in [6, 6.07) is 12.8. The second-order valence-electron chi connectivity index (χ2n) is 5.46. The van der Waals surface area contributed by atoms with Crippen LogP contribution in [0.1, 0.15) is 17.2 Å². The van der Waals surface area contributed by atoms with E-state index >= 15 is 0 Å². The van der Waals surface area contributed by atoms with Crippen LogP contribution in [0.2, 0.25) is 10.0 Å². The molecule has 0 fully saturated rings. The van der Waals surface area contributed by atoms with Crippen LogP contribution in [0.25, 0.3) is 5.70 Å². The Morgan fingerprint density at radius 2 is 1.80 bits per heavy atom.